The molecule has 0 heterocycles. The molecule has 2 unspecified atom stereocenters. The van der Waals surface area contributed by atoms with Gasteiger partial charge in [0, 0.05) is 44.6 Å². The molecular weight excluding hydrogens is 394 g/mol. The van der Waals surface area contributed by atoms with E-state index in [4.69, 9.17) is 0 Å². The van der Waals surface area contributed by atoms with Gasteiger partial charge in [-0.05, 0) is 80.4 Å². The normalized spacial score (nSPS) is 39.1. The van der Waals surface area contributed by atoms with Crippen LogP contribution in [0.2, 0.25) is 0 Å². The molecule has 3 fully saturated rings. The average Bonchev–Trinajstić information content (AvgIpc) is 3.10. The number of benzene rings is 1. The Labute approximate surface area is 182 Å². The maximum absolute atomic E-state index is 12.0. The molecule has 0 saturated heterocycles. The van der Waals surface area contributed by atoms with E-state index in [1.807, 2.05) is 12.1 Å². The molecule has 1 aromatic carbocycles. The molecular formula is C25H33NO3S. The van der Waals surface area contributed by atoms with Crippen LogP contribution in [0.3, 0.4) is 0 Å². The van der Waals surface area contributed by atoms with Gasteiger partial charge in [0.2, 0.25) is 6.04 Å². The zero-order valence-corrected chi connectivity index (χ0v) is 19.0. The van der Waals surface area contributed by atoms with E-state index in [1.165, 1.54) is 44.1 Å². The van der Waals surface area contributed by atoms with Crippen LogP contribution in [0.15, 0.2) is 40.3 Å². The summed E-state index contributed by atoms with van der Waals surface area (Å²) in [6.45, 7) is 2.22. The minimum absolute atomic E-state index is 0.0186. The molecule has 5 rings (SSSR count). The van der Waals surface area contributed by atoms with Crippen LogP contribution in [-0.2, 0) is 10.8 Å². The SMILES string of the molecule is CS(=O)c1ccc([C@H]2C[C@]3(C)[C@@H]([N+](=O)[O-])CC[C@H]3[C@@H]3CCC4CCCCC4=C32)cc1. The van der Waals surface area contributed by atoms with Crippen molar-refractivity contribution in [1.82, 2.24) is 0 Å². The molecule has 4 nitrogen and oxygen atoms in total. The lowest BCUT2D eigenvalue weighted by Crippen LogP contribution is -2.47. The van der Waals surface area contributed by atoms with E-state index in [1.54, 1.807) is 17.4 Å². The van der Waals surface area contributed by atoms with Crippen molar-refractivity contribution in [2.75, 3.05) is 6.26 Å². The molecule has 30 heavy (non-hydrogen) atoms. The van der Waals surface area contributed by atoms with Crippen LogP contribution in [0.4, 0.5) is 0 Å². The molecule has 0 N–H and O–H groups in total. The van der Waals surface area contributed by atoms with Crippen LogP contribution in [0, 0.1) is 33.3 Å². The summed E-state index contributed by atoms with van der Waals surface area (Å²) in [7, 11) is -0.983. The molecule has 0 spiro atoms. The van der Waals surface area contributed by atoms with Crippen LogP contribution in [-0.4, -0.2) is 21.4 Å². The van der Waals surface area contributed by atoms with Crippen molar-refractivity contribution in [3.63, 3.8) is 0 Å². The molecule has 0 radical (unpaired) electrons. The number of nitrogens with zero attached hydrogens (tertiary/aromatic N) is 1. The molecule has 0 aliphatic heterocycles. The largest absolute Gasteiger partial charge is 0.264 e. The second-order valence-electron chi connectivity index (χ2n) is 10.4. The fourth-order valence-corrected chi connectivity index (χ4v) is 8.25. The Balaban J connectivity index is 1.62. The van der Waals surface area contributed by atoms with Gasteiger partial charge in [-0.25, -0.2) is 0 Å². The fraction of sp³-hybridized carbons (Fsp3) is 0.680. The predicted octanol–water partition coefficient (Wildman–Crippen LogP) is 5.87. The van der Waals surface area contributed by atoms with Crippen molar-refractivity contribution < 1.29 is 9.13 Å². The first-order valence-corrected chi connectivity index (χ1v) is 13.3. The lowest BCUT2D eigenvalue weighted by molar-refractivity contribution is -0.540. The number of hydrogen-bond donors (Lipinski definition) is 0. The molecule has 4 aliphatic carbocycles. The Morgan fingerprint density at radius 2 is 1.83 bits per heavy atom. The zero-order chi connectivity index (χ0) is 21.0. The third-order valence-corrected chi connectivity index (χ3v) is 10.0. The molecule has 7 atom stereocenters. The molecule has 162 valence electrons. The summed E-state index contributed by atoms with van der Waals surface area (Å²) in [5.74, 6) is 2.00. The van der Waals surface area contributed by atoms with E-state index >= 15 is 0 Å². The number of fused-ring (bicyclic) bond motifs is 4. The first-order valence-electron chi connectivity index (χ1n) is 11.7. The Bertz CT molecular complexity index is 907. The molecule has 0 amide bonds. The maximum Gasteiger partial charge on any atom is 0.218 e. The van der Waals surface area contributed by atoms with Crippen LogP contribution >= 0.6 is 0 Å². The summed E-state index contributed by atoms with van der Waals surface area (Å²) in [6, 6.07) is 7.89. The fourth-order valence-electron chi connectivity index (χ4n) is 7.74. The van der Waals surface area contributed by atoms with Gasteiger partial charge in [-0.1, -0.05) is 36.6 Å². The van der Waals surface area contributed by atoms with E-state index in [0.29, 0.717) is 11.8 Å². The third-order valence-electron chi connectivity index (χ3n) is 9.07. The monoisotopic (exact) mass is 427 g/mol. The minimum atomic E-state index is -0.983. The lowest BCUT2D eigenvalue weighted by Gasteiger charge is -2.52. The molecule has 5 heteroatoms. The lowest BCUT2D eigenvalue weighted by atomic mass is 9.52. The molecule has 0 bridgehead atoms. The quantitative estimate of drug-likeness (QED) is 0.344. The summed E-state index contributed by atoms with van der Waals surface area (Å²) < 4.78 is 11.9. The summed E-state index contributed by atoms with van der Waals surface area (Å²) in [5.41, 5.74) is 4.44. The van der Waals surface area contributed by atoms with Crippen LogP contribution < -0.4 is 0 Å². The van der Waals surface area contributed by atoms with Gasteiger partial charge in [0.15, 0.2) is 0 Å². The van der Waals surface area contributed by atoms with E-state index in [2.05, 4.69) is 19.1 Å². The van der Waals surface area contributed by atoms with E-state index in [-0.39, 0.29) is 16.3 Å². The highest BCUT2D eigenvalue weighted by atomic mass is 32.2. The molecule has 4 aliphatic rings. The molecule has 3 saturated carbocycles. The van der Waals surface area contributed by atoms with Gasteiger partial charge in [-0.2, -0.15) is 0 Å². The Kier molecular flexibility index (Phi) is 5.16. The summed E-state index contributed by atoms with van der Waals surface area (Å²) in [6.07, 6.45) is 12.0. The topological polar surface area (TPSA) is 60.2 Å². The van der Waals surface area contributed by atoms with Gasteiger partial charge in [0.1, 0.15) is 0 Å². The van der Waals surface area contributed by atoms with Crippen molar-refractivity contribution in [1.29, 1.82) is 0 Å². The molecule has 1 aromatic rings. The number of hydrogen-bond acceptors (Lipinski definition) is 3. The van der Waals surface area contributed by atoms with Crippen molar-refractivity contribution in [3.05, 3.63) is 51.1 Å². The summed E-state index contributed by atoms with van der Waals surface area (Å²) >= 11 is 0. The smallest absolute Gasteiger partial charge is 0.218 e. The number of rotatable bonds is 3. The first-order chi connectivity index (χ1) is 14.4. The van der Waals surface area contributed by atoms with Gasteiger partial charge in [0.05, 0.1) is 0 Å². The highest BCUT2D eigenvalue weighted by Gasteiger charge is 2.61. The van der Waals surface area contributed by atoms with Crippen molar-refractivity contribution in [2.24, 2.45) is 23.2 Å². The van der Waals surface area contributed by atoms with Crippen LogP contribution in [0.25, 0.3) is 0 Å². The van der Waals surface area contributed by atoms with E-state index in [9.17, 15) is 14.3 Å². The van der Waals surface area contributed by atoms with Gasteiger partial charge < -0.3 is 0 Å². The van der Waals surface area contributed by atoms with E-state index in [0.717, 1.165) is 30.1 Å². The highest BCUT2D eigenvalue weighted by Crippen LogP contribution is 2.64. The van der Waals surface area contributed by atoms with Gasteiger partial charge >= 0.3 is 0 Å². The first kappa shape index (κ1) is 20.4. The zero-order valence-electron chi connectivity index (χ0n) is 18.1. The second-order valence-corrected chi connectivity index (χ2v) is 11.8. The third kappa shape index (κ3) is 3.11. The van der Waals surface area contributed by atoms with Gasteiger partial charge in [-0.3, -0.25) is 14.3 Å². The number of allylic oxidation sites excluding steroid dienone is 2. The second kappa shape index (κ2) is 7.58. The van der Waals surface area contributed by atoms with E-state index < -0.39 is 16.8 Å². The van der Waals surface area contributed by atoms with Crippen molar-refractivity contribution in [3.8, 4) is 0 Å². The average molecular weight is 428 g/mol. The van der Waals surface area contributed by atoms with Crippen molar-refractivity contribution in [2.45, 2.75) is 81.6 Å². The minimum Gasteiger partial charge on any atom is -0.264 e. The summed E-state index contributed by atoms with van der Waals surface area (Å²) in [4.78, 5) is 12.8. The Hall–Kier alpha value is -1.49. The molecule has 0 aromatic heterocycles. The Morgan fingerprint density at radius 1 is 1.07 bits per heavy atom. The standard InChI is InChI=1S/C25H33NO3S/c1-25-15-21(17-7-10-18(11-8-17)30(2)29)24-19-6-4-3-5-16(19)9-12-20(24)22(25)13-14-23(25)26(27)28/h7-8,10-11,16,20-23H,3-6,9,12-15H2,1-2H3/t16?,20-,21+,22-,23-,25-,30?/m0/s1. The van der Waals surface area contributed by atoms with Gasteiger partial charge in [-0.15, -0.1) is 0 Å². The summed E-state index contributed by atoms with van der Waals surface area (Å²) in [5, 5.41) is 12.0. The number of nitro groups is 1. The van der Waals surface area contributed by atoms with Crippen molar-refractivity contribution >= 4 is 10.8 Å². The van der Waals surface area contributed by atoms with Crippen LogP contribution in [0.5, 0.6) is 0 Å². The maximum atomic E-state index is 12.0. The van der Waals surface area contributed by atoms with Crippen LogP contribution in [0.1, 0.15) is 76.2 Å². The van der Waals surface area contributed by atoms with Gasteiger partial charge in [0.25, 0.3) is 0 Å². The Morgan fingerprint density at radius 3 is 2.53 bits per heavy atom. The highest BCUT2D eigenvalue weighted by molar-refractivity contribution is 7.84. The predicted molar refractivity (Wildman–Crippen MR) is 119 cm³/mol.